The Labute approximate surface area is 145 Å². The topological polar surface area (TPSA) is 29.1 Å². The number of hydrogen-bond acceptors (Lipinski definition) is 1. The molecule has 0 aromatic heterocycles. The van der Waals surface area contributed by atoms with Gasteiger partial charge in [0.05, 0.1) is 10.7 Å². The molecule has 0 saturated carbocycles. The van der Waals surface area contributed by atoms with Gasteiger partial charge in [-0.1, -0.05) is 30.1 Å². The van der Waals surface area contributed by atoms with Gasteiger partial charge in [-0.2, -0.15) is 0 Å². The normalized spacial score (nSPS) is 10.6. The number of para-hydroxylation sites is 1. The summed E-state index contributed by atoms with van der Waals surface area (Å²) in [6.07, 6.45) is -1.65. The maximum absolute atomic E-state index is 11.9. The Hall–Kier alpha value is 0.471. The molecular formula is C9H9BClF3KNO. The number of amides is 1. The van der Waals surface area contributed by atoms with Crippen molar-refractivity contribution < 1.29 is 69.1 Å². The van der Waals surface area contributed by atoms with Gasteiger partial charge >= 0.3 is 58.4 Å². The fourth-order valence-corrected chi connectivity index (χ4v) is 1.25. The third-order valence-electron chi connectivity index (χ3n) is 1.85. The molecule has 1 aromatic rings. The van der Waals surface area contributed by atoms with Gasteiger partial charge in [0.15, 0.2) is 0 Å². The smallest absolute Gasteiger partial charge is 0.449 e. The van der Waals surface area contributed by atoms with Crippen LogP contribution in [0.4, 0.5) is 18.6 Å². The van der Waals surface area contributed by atoms with Crippen molar-refractivity contribution in [3.63, 3.8) is 0 Å². The summed E-state index contributed by atoms with van der Waals surface area (Å²) in [5, 5.41) is 2.62. The summed E-state index contributed by atoms with van der Waals surface area (Å²) in [5.74, 6) is -0.688. The molecule has 17 heavy (non-hydrogen) atoms. The Morgan fingerprint density at radius 1 is 1.29 bits per heavy atom. The van der Waals surface area contributed by atoms with E-state index in [1.807, 2.05) is 0 Å². The van der Waals surface area contributed by atoms with Gasteiger partial charge in [-0.3, -0.25) is 4.79 Å². The van der Waals surface area contributed by atoms with Crippen LogP contribution in [0.15, 0.2) is 24.3 Å². The molecule has 8 heteroatoms. The largest absolute Gasteiger partial charge is 1.00 e. The van der Waals surface area contributed by atoms with Crippen molar-refractivity contribution in [1.29, 1.82) is 0 Å². The zero-order chi connectivity index (χ0) is 12.2. The van der Waals surface area contributed by atoms with E-state index in [-0.39, 0.29) is 51.4 Å². The van der Waals surface area contributed by atoms with Gasteiger partial charge in [0.2, 0.25) is 5.91 Å². The first-order valence-corrected chi connectivity index (χ1v) is 5.01. The standard InChI is InChI=1S/C9H9BClF3NO.K/c11-7-3-1-2-4-8(7)15-9(16)5-6-10(12,13)14;/h1-4H,5-6H2,(H,15,16);/q-1;+1. The van der Waals surface area contributed by atoms with Crippen molar-refractivity contribution in [3.8, 4) is 0 Å². The summed E-state index contributed by atoms with van der Waals surface area (Å²) in [6.45, 7) is -4.92. The maximum Gasteiger partial charge on any atom is 1.00 e. The van der Waals surface area contributed by atoms with E-state index < -0.39 is 25.6 Å². The molecule has 0 heterocycles. The van der Waals surface area contributed by atoms with Crippen molar-refractivity contribution in [3.05, 3.63) is 29.3 Å². The maximum atomic E-state index is 11.9. The molecule has 0 aliphatic rings. The van der Waals surface area contributed by atoms with Crippen molar-refractivity contribution in [2.45, 2.75) is 12.7 Å². The number of benzene rings is 1. The third kappa shape index (κ3) is 7.48. The Kier molecular flexibility index (Phi) is 8.02. The van der Waals surface area contributed by atoms with Gasteiger partial charge in [0.1, 0.15) is 0 Å². The summed E-state index contributed by atoms with van der Waals surface area (Å²) >= 11 is 5.73. The molecule has 0 fully saturated rings. The first-order chi connectivity index (χ1) is 7.38. The van der Waals surface area contributed by atoms with Crippen LogP contribution in [0.2, 0.25) is 11.3 Å². The van der Waals surface area contributed by atoms with Crippen LogP contribution in [0.25, 0.3) is 0 Å². The molecule has 0 bridgehead atoms. The van der Waals surface area contributed by atoms with E-state index in [0.717, 1.165) is 0 Å². The number of carbonyl (C=O) groups is 1. The minimum Gasteiger partial charge on any atom is -0.449 e. The second kappa shape index (κ2) is 7.81. The van der Waals surface area contributed by atoms with Gasteiger partial charge < -0.3 is 18.3 Å². The molecule has 0 saturated heterocycles. The predicted molar refractivity (Wildman–Crippen MR) is 58.6 cm³/mol. The van der Waals surface area contributed by atoms with Crippen molar-refractivity contribution >= 4 is 30.2 Å². The average molecular weight is 290 g/mol. The van der Waals surface area contributed by atoms with Gasteiger partial charge in [-0.05, 0) is 12.1 Å². The zero-order valence-corrected chi connectivity index (χ0v) is 13.1. The molecule has 88 valence electrons. The molecule has 0 unspecified atom stereocenters. The third-order valence-corrected chi connectivity index (χ3v) is 2.18. The Morgan fingerprint density at radius 3 is 2.41 bits per heavy atom. The van der Waals surface area contributed by atoms with Gasteiger partial charge in [0.25, 0.3) is 0 Å². The minimum absolute atomic E-state index is 0. The Morgan fingerprint density at radius 2 is 1.88 bits per heavy atom. The molecule has 0 spiro atoms. The van der Waals surface area contributed by atoms with Crippen LogP contribution < -0.4 is 56.7 Å². The first-order valence-electron chi connectivity index (χ1n) is 4.64. The summed E-state index contributed by atoms with van der Waals surface area (Å²) < 4.78 is 35.7. The molecule has 1 amide bonds. The minimum atomic E-state index is -4.92. The molecule has 2 nitrogen and oxygen atoms in total. The van der Waals surface area contributed by atoms with Gasteiger partial charge in [0, 0.05) is 6.42 Å². The van der Waals surface area contributed by atoms with Crippen LogP contribution in [0.5, 0.6) is 0 Å². The second-order valence-corrected chi connectivity index (χ2v) is 3.68. The molecule has 1 N–H and O–H groups in total. The summed E-state index contributed by atoms with van der Waals surface area (Å²) in [4.78, 5) is 11.2. The van der Waals surface area contributed by atoms with Crippen LogP contribution in [0.1, 0.15) is 6.42 Å². The average Bonchev–Trinajstić information content (AvgIpc) is 2.18. The number of carbonyl (C=O) groups excluding carboxylic acids is 1. The summed E-state index contributed by atoms with van der Waals surface area (Å²) in [7, 11) is 0. The van der Waals surface area contributed by atoms with Gasteiger partial charge in [-0.15, -0.1) is 0 Å². The molecule has 1 aromatic carbocycles. The van der Waals surface area contributed by atoms with E-state index in [9.17, 15) is 17.7 Å². The summed E-state index contributed by atoms with van der Waals surface area (Å²) in [5.41, 5.74) is 0.323. The fourth-order valence-electron chi connectivity index (χ4n) is 1.07. The van der Waals surface area contributed by atoms with E-state index in [1.54, 1.807) is 18.2 Å². The van der Waals surface area contributed by atoms with E-state index in [2.05, 4.69) is 5.32 Å². The molecule has 1 rings (SSSR count). The number of anilines is 1. The van der Waals surface area contributed by atoms with Crippen molar-refractivity contribution in [2.75, 3.05) is 5.32 Å². The number of hydrogen-bond donors (Lipinski definition) is 1. The zero-order valence-electron chi connectivity index (χ0n) is 9.22. The van der Waals surface area contributed by atoms with Crippen molar-refractivity contribution in [2.24, 2.45) is 0 Å². The number of nitrogens with one attached hydrogen (secondary N) is 1. The number of rotatable bonds is 4. The van der Waals surface area contributed by atoms with E-state index in [4.69, 9.17) is 11.6 Å². The molecule has 0 radical (unpaired) electrons. The predicted octanol–water partition coefficient (Wildman–Crippen LogP) is 0.520. The quantitative estimate of drug-likeness (QED) is 0.805. The monoisotopic (exact) mass is 289 g/mol. The molecule has 0 aliphatic heterocycles. The molecule has 0 aliphatic carbocycles. The van der Waals surface area contributed by atoms with Crippen LogP contribution in [0, 0.1) is 0 Å². The fraction of sp³-hybridized carbons (Fsp3) is 0.222. The second-order valence-electron chi connectivity index (χ2n) is 3.28. The van der Waals surface area contributed by atoms with Crippen LogP contribution in [0.3, 0.4) is 0 Å². The van der Waals surface area contributed by atoms with E-state index in [0.29, 0.717) is 10.7 Å². The molecule has 0 atom stereocenters. The van der Waals surface area contributed by atoms with Crippen LogP contribution in [-0.4, -0.2) is 12.9 Å². The van der Waals surface area contributed by atoms with Gasteiger partial charge in [-0.25, -0.2) is 0 Å². The van der Waals surface area contributed by atoms with Crippen LogP contribution >= 0.6 is 11.6 Å². The molecular weight excluding hydrogens is 280 g/mol. The first kappa shape index (κ1) is 17.5. The van der Waals surface area contributed by atoms with Crippen molar-refractivity contribution in [1.82, 2.24) is 0 Å². The number of halogens is 4. The van der Waals surface area contributed by atoms with E-state index >= 15 is 0 Å². The van der Waals surface area contributed by atoms with Crippen LogP contribution in [-0.2, 0) is 4.79 Å². The Balaban J connectivity index is 0.00000256. The summed E-state index contributed by atoms with van der Waals surface area (Å²) in [6, 6.07) is 6.37. The van der Waals surface area contributed by atoms with E-state index in [1.165, 1.54) is 6.07 Å². The SMILES string of the molecule is O=C(CC[B-](F)(F)F)Nc1ccccc1Cl.[K+]. The Bertz CT molecular complexity index is 389.